The molecule has 0 aliphatic carbocycles. The molecule has 2 rings (SSSR count). The SMILES string of the molecule is Cc1ccccc1Cc1nc(C)n(C)c1Br. The number of hydrogen-bond donors (Lipinski definition) is 0. The second-order valence-electron chi connectivity index (χ2n) is 4.06. The number of hydrogen-bond acceptors (Lipinski definition) is 1. The summed E-state index contributed by atoms with van der Waals surface area (Å²) in [6.07, 6.45) is 0.884. The average molecular weight is 279 g/mol. The van der Waals surface area contributed by atoms with Gasteiger partial charge in [0, 0.05) is 13.5 Å². The van der Waals surface area contributed by atoms with Crippen molar-refractivity contribution in [1.82, 2.24) is 9.55 Å². The number of rotatable bonds is 2. The van der Waals surface area contributed by atoms with Crippen LogP contribution in [0.1, 0.15) is 22.6 Å². The molecule has 2 aromatic rings. The zero-order valence-electron chi connectivity index (χ0n) is 9.79. The van der Waals surface area contributed by atoms with Gasteiger partial charge in [-0.2, -0.15) is 0 Å². The van der Waals surface area contributed by atoms with Gasteiger partial charge in [0.05, 0.1) is 5.69 Å². The summed E-state index contributed by atoms with van der Waals surface area (Å²) in [4.78, 5) is 4.56. The molecule has 1 heterocycles. The van der Waals surface area contributed by atoms with Crippen LogP contribution in [-0.4, -0.2) is 9.55 Å². The first kappa shape index (κ1) is 11.4. The molecule has 0 fully saturated rings. The third-order valence-electron chi connectivity index (χ3n) is 2.93. The fraction of sp³-hybridized carbons (Fsp3) is 0.308. The van der Waals surface area contributed by atoms with Crippen molar-refractivity contribution in [2.45, 2.75) is 20.3 Å². The van der Waals surface area contributed by atoms with Crippen LogP contribution in [0.2, 0.25) is 0 Å². The Morgan fingerprint density at radius 3 is 2.50 bits per heavy atom. The maximum Gasteiger partial charge on any atom is 0.108 e. The third-order valence-corrected chi connectivity index (χ3v) is 3.92. The van der Waals surface area contributed by atoms with Gasteiger partial charge in [-0.1, -0.05) is 24.3 Å². The molecule has 0 aliphatic heterocycles. The molecule has 1 aromatic heterocycles. The molecular weight excluding hydrogens is 264 g/mol. The minimum atomic E-state index is 0.884. The van der Waals surface area contributed by atoms with E-state index in [0.29, 0.717) is 0 Å². The molecule has 2 nitrogen and oxygen atoms in total. The summed E-state index contributed by atoms with van der Waals surface area (Å²) in [6, 6.07) is 8.44. The molecule has 0 atom stereocenters. The van der Waals surface area contributed by atoms with Gasteiger partial charge in [0.25, 0.3) is 0 Å². The predicted molar refractivity (Wildman–Crippen MR) is 69.6 cm³/mol. The Morgan fingerprint density at radius 2 is 1.94 bits per heavy atom. The average Bonchev–Trinajstić information content (AvgIpc) is 2.50. The van der Waals surface area contributed by atoms with Crippen LogP contribution < -0.4 is 0 Å². The molecule has 0 bridgehead atoms. The highest BCUT2D eigenvalue weighted by molar-refractivity contribution is 9.10. The van der Waals surface area contributed by atoms with Gasteiger partial charge in [-0.3, -0.25) is 0 Å². The van der Waals surface area contributed by atoms with Gasteiger partial charge in [-0.05, 0) is 40.9 Å². The Labute approximate surface area is 104 Å². The van der Waals surface area contributed by atoms with E-state index < -0.39 is 0 Å². The molecule has 3 heteroatoms. The van der Waals surface area contributed by atoms with Crippen LogP contribution in [-0.2, 0) is 13.5 Å². The van der Waals surface area contributed by atoms with E-state index in [1.807, 2.05) is 14.0 Å². The van der Waals surface area contributed by atoms with E-state index in [2.05, 4.69) is 56.7 Å². The van der Waals surface area contributed by atoms with Crippen LogP contribution in [0.25, 0.3) is 0 Å². The van der Waals surface area contributed by atoms with Gasteiger partial charge < -0.3 is 4.57 Å². The van der Waals surface area contributed by atoms with Crippen molar-refractivity contribution in [3.05, 3.63) is 51.5 Å². The van der Waals surface area contributed by atoms with E-state index in [9.17, 15) is 0 Å². The Hall–Kier alpha value is -1.09. The molecular formula is C13H15BrN2. The van der Waals surface area contributed by atoms with Crippen LogP contribution in [0.3, 0.4) is 0 Å². The molecule has 0 spiro atoms. The minimum absolute atomic E-state index is 0.884. The normalized spacial score (nSPS) is 10.8. The van der Waals surface area contributed by atoms with Gasteiger partial charge >= 0.3 is 0 Å². The standard InChI is InChI=1S/C13H15BrN2/c1-9-6-4-5-7-11(9)8-12-13(14)16(3)10(2)15-12/h4-7H,8H2,1-3H3. The number of imidazole rings is 1. The lowest BCUT2D eigenvalue weighted by Gasteiger charge is -2.03. The van der Waals surface area contributed by atoms with E-state index in [1.54, 1.807) is 0 Å². The van der Waals surface area contributed by atoms with Crippen LogP contribution >= 0.6 is 15.9 Å². The first-order chi connectivity index (χ1) is 7.59. The maximum absolute atomic E-state index is 4.56. The predicted octanol–water partition coefficient (Wildman–Crippen LogP) is 3.39. The monoisotopic (exact) mass is 278 g/mol. The number of nitrogens with zero attached hydrogens (tertiary/aromatic N) is 2. The smallest absolute Gasteiger partial charge is 0.108 e. The molecule has 84 valence electrons. The fourth-order valence-corrected chi connectivity index (χ4v) is 2.24. The van der Waals surface area contributed by atoms with Crippen LogP contribution in [0.15, 0.2) is 28.9 Å². The summed E-state index contributed by atoms with van der Waals surface area (Å²) < 4.78 is 3.14. The summed E-state index contributed by atoms with van der Waals surface area (Å²) >= 11 is 3.58. The molecule has 0 saturated heterocycles. The zero-order chi connectivity index (χ0) is 11.7. The summed E-state index contributed by atoms with van der Waals surface area (Å²) in [5.74, 6) is 1.04. The minimum Gasteiger partial charge on any atom is -0.326 e. The lowest BCUT2D eigenvalue weighted by Crippen LogP contribution is -1.93. The van der Waals surface area contributed by atoms with E-state index in [0.717, 1.165) is 22.5 Å². The molecule has 0 unspecified atom stereocenters. The lowest BCUT2D eigenvalue weighted by molar-refractivity contribution is 0.839. The fourth-order valence-electron chi connectivity index (χ4n) is 1.75. The molecule has 0 amide bonds. The highest BCUT2D eigenvalue weighted by Crippen LogP contribution is 2.21. The van der Waals surface area contributed by atoms with Crippen molar-refractivity contribution in [2.75, 3.05) is 0 Å². The Bertz CT molecular complexity index is 515. The number of aryl methyl sites for hydroxylation is 2. The second kappa shape index (κ2) is 4.42. The molecule has 0 radical (unpaired) electrons. The van der Waals surface area contributed by atoms with Crippen molar-refractivity contribution in [3.8, 4) is 0 Å². The highest BCUT2D eigenvalue weighted by Gasteiger charge is 2.10. The Morgan fingerprint density at radius 1 is 1.25 bits per heavy atom. The largest absolute Gasteiger partial charge is 0.326 e. The summed E-state index contributed by atoms with van der Waals surface area (Å²) in [5.41, 5.74) is 3.76. The summed E-state index contributed by atoms with van der Waals surface area (Å²) in [5, 5.41) is 0. The second-order valence-corrected chi connectivity index (χ2v) is 4.81. The molecule has 0 N–H and O–H groups in total. The van der Waals surface area contributed by atoms with E-state index in [1.165, 1.54) is 11.1 Å². The first-order valence-corrected chi connectivity index (χ1v) is 6.11. The number of benzene rings is 1. The van der Waals surface area contributed by atoms with Crippen LogP contribution in [0, 0.1) is 13.8 Å². The van der Waals surface area contributed by atoms with Crippen molar-refractivity contribution < 1.29 is 0 Å². The zero-order valence-corrected chi connectivity index (χ0v) is 11.4. The summed E-state index contributed by atoms with van der Waals surface area (Å²) in [7, 11) is 2.02. The Balaban J connectivity index is 2.34. The molecule has 0 aliphatic rings. The lowest BCUT2D eigenvalue weighted by atomic mass is 10.0. The summed E-state index contributed by atoms with van der Waals surface area (Å²) in [6.45, 7) is 4.16. The van der Waals surface area contributed by atoms with Gasteiger partial charge in [-0.25, -0.2) is 4.98 Å². The molecule has 16 heavy (non-hydrogen) atoms. The first-order valence-electron chi connectivity index (χ1n) is 5.32. The quantitative estimate of drug-likeness (QED) is 0.824. The van der Waals surface area contributed by atoms with Gasteiger partial charge in [0.2, 0.25) is 0 Å². The number of aromatic nitrogens is 2. The maximum atomic E-state index is 4.56. The van der Waals surface area contributed by atoms with Gasteiger partial charge in [-0.15, -0.1) is 0 Å². The van der Waals surface area contributed by atoms with Gasteiger partial charge in [0.15, 0.2) is 0 Å². The van der Waals surface area contributed by atoms with Crippen LogP contribution in [0.4, 0.5) is 0 Å². The van der Waals surface area contributed by atoms with E-state index in [4.69, 9.17) is 0 Å². The van der Waals surface area contributed by atoms with E-state index in [-0.39, 0.29) is 0 Å². The third kappa shape index (κ3) is 2.05. The van der Waals surface area contributed by atoms with E-state index >= 15 is 0 Å². The van der Waals surface area contributed by atoms with Crippen LogP contribution in [0.5, 0.6) is 0 Å². The number of halogens is 1. The highest BCUT2D eigenvalue weighted by atomic mass is 79.9. The van der Waals surface area contributed by atoms with Crippen molar-refractivity contribution >= 4 is 15.9 Å². The van der Waals surface area contributed by atoms with Crippen molar-refractivity contribution in [3.63, 3.8) is 0 Å². The van der Waals surface area contributed by atoms with Gasteiger partial charge in [0.1, 0.15) is 10.4 Å². The topological polar surface area (TPSA) is 17.8 Å². The molecule has 1 aromatic carbocycles. The van der Waals surface area contributed by atoms with Crippen molar-refractivity contribution in [1.29, 1.82) is 0 Å². The Kier molecular flexibility index (Phi) is 3.15. The molecule has 0 saturated carbocycles. The van der Waals surface area contributed by atoms with Crippen molar-refractivity contribution in [2.24, 2.45) is 7.05 Å².